The molecule has 2 amide bonds. The summed E-state index contributed by atoms with van der Waals surface area (Å²) in [5.74, 6) is 1.59. The SMILES string of the molecule is Cc1noc([C@H](C)NC(=O)[C@H]2CSCN2C(=O)c2ccccc2)n1. The molecule has 1 aromatic carbocycles. The maximum Gasteiger partial charge on any atom is 0.255 e. The molecule has 0 saturated carbocycles. The van der Waals surface area contributed by atoms with Crippen LogP contribution in [0.15, 0.2) is 34.9 Å². The topological polar surface area (TPSA) is 88.3 Å². The van der Waals surface area contributed by atoms with Gasteiger partial charge in [0.1, 0.15) is 12.1 Å². The Morgan fingerprint density at radius 2 is 2.12 bits per heavy atom. The van der Waals surface area contributed by atoms with Gasteiger partial charge >= 0.3 is 0 Å². The number of amides is 2. The maximum atomic E-state index is 12.6. The second-order valence-corrected chi connectivity index (χ2v) is 6.57. The molecule has 1 fully saturated rings. The molecule has 1 aliphatic heterocycles. The minimum atomic E-state index is -0.505. The number of carbonyl (C=O) groups excluding carboxylic acids is 2. The van der Waals surface area contributed by atoms with Crippen LogP contribution in [0.1, 0.15) is 35.0 Å². The third-order valence-electron chi connectivity index (χ3n) is 3.74. The molecular weight excluding hydrogens is 328 g/mol. The average Bonchev–Trinajstić information content (AvgIpc) is 3.24. The van der Waals surface area contributed by atoms with Gasteiger partial charge in [0.2, 0.25) is 11.8 Å². The lowest BCUT2D eigenvalue weighted by atomic mass is 10.1. The lowest BCUT2D eigenvalue weighted by molar-refractivity contribution is -0.125. The van der Waals surface area contributed by atoms with E-state index in [2.05, 4.69) is 15.5 Å². The number of nitrogens with one attached hydrogen (secondary N) is 1. The second-order valence-electron chi connectivity index (χ2n) is 5.57. The van der Waals surface area contributed by atoms with Gasteiger partial charge in [0.15, 0.2) is 5.82 Å². The Balaban J connectivity index is 1.68. The zero-order valence-electron chi connectivity index (χ0n) is 13.4. The minimum Gasteiger partial charge on any atom is -0.343 e. The maximum absolute atomic E-state index is 12.6. The fraction of sp³-hybridized carbons (Fsp3) is 0.375. The molecule has 0 radical (unpaired) electrons. The Morgan fingerprint density at radius 3 is 2.79 bits per heavy atom. The van der Waals surface area contributed by atoms with Crippen molar-refractivity contribution >= 4 is 23.6 Å². The van der Waals surface area contributed by atoms with Crippen LogP contribution in [0.25, 0.3) is 0 Å². The molecule has 2 heterocycles. The van der Waals surface area contributed by atoms with E-state index in [-0.39, 0.29) is 11.8 Å². The number of hydrogen-bond acceptors (Lipinski definition) is 6. The fourth-order valence-corrected chi connectivity index (χ4v) is 3.62. The van der Waals surface area contributed by atoms with Crippen molar-refractivity contribution in [3.05, 3.63) is 47.6 Å². The van der Waals surface area contributed by atoms with E-state index in [1.54, 1.807) is 42.6 Å². The summed E-state index contributed by atoms with van der Waals surface area (Å²) in [5, 5.41) is 6.56. The largest absolute Gasteiger partial charge is 0.343 e. The van der Waals surface area contributed by atoms with Crippen LogP contribution in [0.3, 0.4) is 0 Å². The van der Waals surface area contributed by atoms with Crippen LogP contribution in [0.4, 0.5) is 0 Å². The van der Waals surface area contributed by atoms with E-state index < -0.39 is 12.1 Å². The van der Waals surface area contributed by atoms with Gasteiger partial charge in [-0.2, -0.15) is 4.98 Å². The first kappa shape index (κ1) is 16.5. The Morgan fingerprint density at radius 1 is 1.38 bits per heavy atom. The predicted molar refractivity (Wildman–Crippen MR) is 89.3 cm³/mol. The molecule has 126 valence electrons. The van der Waals surface area contributed by atoms with Crippen molar-refractivity contribution in [2.24, 2.45) is 0 Å². The van der Waals surface area contributed by atoms with Gasteiger partial charge in [-0.15, -0.1) is 11.8 Å². The molecule has 7 nitrogen and oxygen atoms in total. The Bertz CT molecular complexity index is 734. The number of aryl methyl sites for hydroxylation is 1. The molecule has 24 heavy (non-hydrogen) atoms. The smallest absolute Gasteiger partial charge is 0.255 e. The zero-order valence-corrected chi connectivity index (χ0v) is 14.2. The molecule has 2 aromatic rings. The molecule has 1 N–H and O–H groups in total. The van der Waals surface area contributed by atoms with Crippen molar-refractivity contribution in [1.82, 2.24) is 20.4 Å². The van der Waals surface area contributed by atoms with Gasteiger partial charge < -0.3 is 14.7 Å². The Kier molecular flexibility index (Phi) is 4.84. The van der Waals surface area contributed by atoms with Crippen molar-refractivity contribution in [2.45, 2.75) is 25.9 Å². The highest BCUT2D eigenvalue weighted by atomic mass is 32.2. The van der Waals surface area contributed by atoms with E-state index in [0.717, 1.165) is 0 Å². The normalized spacial score (nSPS) is 18.4. The van der Waals surface area contributed by atoms with Crippen LogP contribution in [-0.4, -0.2) is 44.5 Å². The fourth-order valence-electron chi connectivity index (χ4n) is 2.47. The lowest BCUT2D eigenvalue weighted by Gasteiger charge is -2.24. The summed E-state index contributed by atoms with van der Waals surface area (Å²) in [6.45, 7) is 3.49. The summed E-state index contributed by atoms with van der Waals surface area (Å²) >= 11 is 1.56. The van der Waals surface area contributed by atoms with Crippen molar-refractivity contribution in [2.75, 3.05) is 11.6 Å². The zero-order chi connectivity index (χ0) is 17.1. The number of carbonyl (C=O) groups is 2. The van der Waals surface area contributed by atoms with Crippen LogP contribution in [0, 0.1) is 6.92 Å². The van der Waals surface area contributed by atoms with Gasteiger partial charge in [-0.3, -0.25) is 9.59 Å². The quantitative estimate of drug-likeness (QED) is 0.908. The molecule has 3 rings (SSSR count). The minimum absolute atomic E-state index is 0.137. The van der Waals surface area contributed by atoms with Crippen molar-refractivity contribution in [3.63, 3.8) is 0 Å². The predicted octanol–water partition coefficient (Wildman–Crippen LogP) is 1.77. The van der Waals surface area contributed by atoms with E-state index in [4.69, 9.17) is 4.52 Å². The molecule has 1 aromatic heterocycles. The van der Waals surface area contributed by atoms with Gasteiger partial charge in [-0.05, 0) is 26.0 Å². The molecule has 0 aliphatic carbocycles. The standard InChI is InChI=1S/C16H18N4O3S/c1-10(15-18-11(2)19-23-15)17-14(21)13-8-24-9-20(13)16(22)12-6-4-3-5-7-12/h3-7,10,13H,8-9H2,1-2H3,(H,17,21)/t10-,13+/m0/s1. The summed E-state index contributed by atoms with van der Waals surface area (Å²) in [5.41, 5.74) is 0.582. The van der Waals surface area contributed by atoms with E-state index >= 15 is 0 Å². The molecule has 0 unspecified atom stereocenters. The molecular formula is C16H18N4O3S. The number of thioether (sulfide) groups is 1. The lowest BCUT2D eigenvalue weighted by Crippen LogP contribution is -2.47. The van der Waals surface area contributed by atoms with E-state index in [0.29, 0.717) is 28.9 Å². The first-order valence-corrected chi connectivity index (χ1v) is 8.76. The van der Waals surface area contributed by atoms with Gasteiger partial charge in [-0.1, -0.05) is 23.4 Å². The van der Waals surface area contributed by atoms with Crippen molar-refractivity contribution < 1.29 is 14.1 Å². The molecule has 8 heteroatoms. The first-order chi connectivity index (χ1) is 11.6. The average molecular weight is 346 g/mol. The van der Waals surface area contributed by atoms with Crippen LogP contribution in [0.5, 0.6) is 0 Å². The van der Waals surface area contributed by atoms with Crippen LogP contribution < -0.4 is 5.32 Å². The van der Waals surface area contributed by atoms with E-state index in [1.807, 2.05) is 18.2 Å². The van der Waals surface area contributed by atoms with E-state index in [9.17, 15) is 9.59 Å². The highest BCUT2D eigenvalue weighted by Crippen LogP contribution is 2.24. The molecule has 1 aliphatic rings. The summed E-state index contributed by atoms with van der Waals surface area (Å²) in [7, 11) is 0. The van der Waals surface area contributed by atoms with Gasteiger partial charge in [0.25, 0.3) is 5.91 Å². The van der Waals surface area contributed by atoms with Crippen LogP contribution in [0.2, 0.25) is 0 Å². The summed E-state index contributed by atoms with van der Waals surface area (Å²) in [6.07, 6.45) is 0. The highest BCUT2D eigenvalue weighted by molar-refractivity contribution is 7.99. The molecule has 0 spiro atoms. The Hall–Kier alpha value is -2.35. The monoisotopic (exact) mass is 346 g/mol. The van der Waals surface area contributed by atoms with Crippen molar-refractivity contribution in [1.29, 1.82) is 0 Å². The molecule has 0 bridgehead atoms. The third kappa shape index (κ3) is 3.43. The summed E-state index contributed by atoms with van der Waals surface area (Å²) < 4.78 is 5.07. The van der Waals surface area contributed by atoms with Crippen molar-refractivity contribution in [3.8, 4) is 0 Å². The first-order valence-electron chi connectivity index (χ1n) is 7.60. The molecule has 2 atom stereocenters. The number of aromatic nitrogens is 2. The number of rotatable bonds is 4. The Labute approximate surface area is 143 Å². The number of nitrogens with zero attached hydrogens (tertiary/aromatic N) is 3. The van der Waals surface area contributed by atoms with Crippen LogP contribution in [-0.2, 0) is 4.79 Å². The second kappa shape index (κ2) is 7.04. The van der Waals surface area contributed by atoms with E-state index in [1.165, 1.54) is 0 Å². The summed E-state index contributed by atoms with van der Waals surface area (Å²) in [4.78, 5) is 30.9. The molecule has 1 saturated heterocycles. The van der Waals surface area contributed by atoms with Crippen LogP contribution >= 0.6 is 11.8 Å². The number of benzene rings is 1. The van der Waals surface area contributed by atoms with Gasteiger partial charge in [0, 0.05) is 11.3 Å². The third-order valence-corrected chi connectivity index (χ3v) is 4.75. The number of hydrogen-bond donors (Lipinski definition) is 1. The highest BCUT2D eigenvalue weighted by Gasteiger charge is 2.36. The van der Waals surface area contributed by atoms with Gasteiger partial charge in [0.05, 0.1) is 5.88 Å². The van der Waals surface area contributed by atoms with Gasteiger partial charge in [-0.25, -0.2) is 0 Å². The summed E-state index contributed by atoms with van der Waals surface area (Å²) in [6, 6.07) is 8.08.